The van der Waals surface area contributed by atoms with E-state index in [1.54, 1.807) is 0 Å². The van der Waals surface area contributed by atoms with Crippen LogP contribution in [0.15, 0.2) is 10.2 Å². The van der Waals surface area contributed by atoms with E-state index in [1.807, 2.05) is 0 Å². The lowest BCUT2D eigenvalue weighted by atomic mass is 9.96. The first-order chi connectivity index (χ1) is 13.9. The molecule has 1 N–H and O–H groups in total. The van der Waals surface area contributed by atoms with E-state index < -0.39 is 22.7 Å². The molecule has 0 radical (unpaired) electrons. The van der Waals surface area contributed by atoms with Crippen LogP contribution >= 0.6 is 22.6 Å². The number of rotatable bonds is 10. The van der Waals surface area contributed by atoms with E-state index in [9.17, 15) is 5.11 Å². The van der Waals surface area contributed by atoms with Gasteiger partial charge in [0.2, 0.25) is 0 Å². The fourth-order valence-corrected chi connectivity index (χ4v) is 6.03. The van der Waals surface area contributed by atoms with E-state index >= 15 is 0 Å². The number of ether oxygens (including phenoxy) is 1. The van der Waals surface area contributed by atoms with Gasteiger partial charge in [0.05, 0.1) is 31.0 Å². The molecular weight excluding hydrogens is 535 g/mol. The Hall–Kier alpha value is 0.744. The van der Waals surface area contributed by atoms with Crippen LogP contribution in [-0.4, -0.2) is 52.8 Å². The van der Waals surface area contributed by atoms with E-state index in [1.165, 1.54) is 0 Å². The van der Waals surface area contributed by atoms with Gasteiger partial charge in [0, 0.05) is 6.42 Å². The number of halogens is 1. The molecule has 1 aliphatic heterocycles. The molecule has 0 aromatic carbocycles. The van der Waals surface area contributed by atoms with Crippen molar-refractivity contribution in [2.24, 2.45) is 5.92 Å². The molecule has 5 atom stereocenters. The summed E-state index contributed by atoms with van der Waals surface area (Å²) in [4.78, 5) is 0. The molecule has 1 aliphatic rings. The van der Waals surface area contributed by atoms with Gasteiger partial charge < -0.3 is 18.7 Å². The van der Waals surface area contributed by atoms with E-state index in [2.05, 4.69) is 107 Å². The maximum absolute atomic E-state index is 10.9. The van der Waals surface area contributed by atoms with E-state index in [0.29, 0.717) is 18.9 Å². The molecule has 1 heterocycles. The average molecular weight is 585 g/mol. The van der Waals surface area contributed by atoms with Crippen LogP contribution < -0.4 is 0 Å². The zero-order chi connectivity index (χ0) is 24.3. The third-order valence-electron chi connectivity index (χ3n) is 7.66. The molecule has 1 rings (SSSR count). The fraction of sp³-hybridized carbons (Fsp3) is 0.917. The molecule has 1 fully saturated rings. The predicted molar refractivity (Wildman–Crippen MR) is 146 cm³/mol. The standard InChI is InChI=1S/C24H49IO4Si2/c1-18-15-21(28-20(18)13-12-14-25)22(29-31(10,11)24(5,6)7)16-19(26)17-27-30(8,9)23(2,3)4/h12,14,18-22,26H,13,15-17H2,1-11H3/b14-12-/t18-,19-,20?,21?,22-/m0/s1. The van der Waals surface area contributed by atoms with Gasteiger partial charge in [-0.15, -0.1) is 0 Å². The van der Waals surface area contributed by atoms with Gasteiger partial charge >= 0.3 is 0 Å². The van der Waals surface area contributed by atoms with Crippen LogP contribution in [-0.2, 0) is 13.6 Å². The van der Waals surface area contributed by atoms with Crippen LogP contribution in [0.5, 0.6) is 0 Å². The molecule has 0 spiro atoms. The largest absolute Gasteiger partial charge is 0.414 e. The summed E-state index contributed by atoms with van der Waals surface area (Å²) in [6.45, 7) is 25.2. The normalized spacial score (nSPS) is 25.9. The van der Waals surface area contributed by atoms with Crippen molar-refractivity contribution in [1.82, 2.24) is 0 Å². The van der Waals surface area contributed by atoms with Crippen LogP contribution in [0.25, 0.3) is 0 Å². The Kier molecular flexibility index (Phi) is 11.0. The minimum Gasteiger partial charge on any atom is -0.414 e. The van der Waals surface area contributed by atoms with Crippen molar-refractivity contribution >= 4 is 39.2 Å². The topological polar surface area (TPSA) is 47.9 Å². The fourth-order valence-electron chi connectivity index (χ4n) is 3.33. The van der Waals surface area contributed by atoms with Crippen LogP contribution in [0, 0.1) is 5.92 Å². The second-order valence-corrected chi connectivity index (χ2v) is 22.7. The van der Waals surface area contributed by atoms with Crippen molar-refractivity contribution in [3.05, 3.63) is 10.2 Å². The minimum atomic E-state index is -2.00. The SMILES string of the molecule is C[C@H]1CC([C@H](C[C@H](O)CO[Si](C)(C)C(C)(C)C)O[Si](C)(C)C(C)(C)C)OC1C/C=C\I. The molecule has 2 unspecified atom stereocenters. The summed E-state index contributed by atoms with van der Waals surface area (Å²) in [6.07, 6.45) is 4.26. The second kappa shape index (κ2) is 11.4. The summed E-state index contributed by atoms with van der Waals surface area (Å²) in [7, 11) is -3.90. The first-order valence-electron chi connectivity index (χ1n) is 11.8. The van der Waals surface area contributed by atoms with Crippen molar-refractivity contribution in [3.63, 3.8) is 0 Å². The Morgan fingerprint density at radius 1 is 1.06 bits per heavy atom. The van der Waals surface area contributed by atoms with Gasteiger partial charge in [-0.25, -0.2) is 0 Å². The number of hydrogen-bond donors (Lipinski definition) is 1. The average Bonchev–Trinajstić information content (AvgIpc) is 2.96. The molecule has 7 heteroatoms. The van der Waals surface area contributed by atoms with Gasteiger partial charge in [-0.1, -0.05) is 77.1 Å². The highest BCUT2D eigenvalue weighted by Gasteiger charge is 2.45. The van der Waals surface area contributed by atoms with Crippen LogP contribution in [0.3, 0.4) is 0 Å². The number of aliphatic hydroxyl groups excluding tert-OH is 1. The Morgan fingerprint density at radius 2 is 1.61 bits per heavy atom. The van der Waals surface area contributed by atoms with Gasteiger partial charge in [-0.05, 0) is 59.1 Å². The summed E-state index contributed by atoms with van der Waals surface area (Å²) in [5.74, 6) is 0.490. The lowest BCUT2D eigenvalue weighted by Gasteiger charge is -2.41. The van der Waals surface area contributed by atoms with E-state index in [4.69, 9.17) is 13.6 Å². The molecule has 0 aromatic rings. The minimum absolute atomic E-state index is 0.0271. The number of hydrogen-bond acceptors (Lipinski definition) is 4. The summed E-state index contributed by atoms with van der Waals surface area (Å²) >= 11 is 2.26. The van der Waals surface area contributed by atoms with E-state index in [0.717, 1.165) is 12.8 Å². The third kappa shape index (κ3) is 8.79. The molecule has 4 nitrogen and oxygen atoms in total. The van der Waals surface area contributed by atoms with Gasteiger partial charge in [0.25, 0.3) is 0 Å². The Bertz CT molecular complexity index is 581. The van der Waals surface area contributed by atoms with Gasteiger partial charge in [0.15, 0.2) is 16.6 Å². The Labute approximate surface area is 208 Å². The summed E-state index contributed by atoms with van der Waals surface area (Å²) in [5, 5.41) is 11.2. The first kappa shape index (κ1) is 29.8. The van der Waals surface area contributed by atoms with Gasteiger partial charge in [0.1, 0.15) is 0 Å². The first-order valence-corrected chi connectivity index (χ1v) is 18.9. The molecule has 0 saturated carbocycles. The molecule has 0 aromatic heterocycles. The molecule has 184 valence electrons. The van der Waals surface area contributed by atoms with Crippen molar-refractivity contribution in [3.8, 4) is 0 Å². The highest BCUT2D eigenvalue weighted by atomic mass is 127. The van der Waals surface area contributed by atoms with E-state index in [-0.39, 0.29) is 28.4 Å². The Balaban J connectivity index is 2.93. The third-order valence-corrected chi connectivity index (χ3v) is 17.2. The molecule has 0 amide bonds. The molecule has 0 aliphatic carbocycles. The monoisotopic (exact) mass is 584 g/mol. The van der Waals surface area contributed by atoms with Gasteiger partial charge in [-0.3, -0.25) is 0 Å². The van der Waals surface area contributed by atoms with Crippen molar-refractivity contribution in [2.75, 3.05) is 6.61 Å². The smallest absolute Gasteiger partial charge is 0.192 e. The predicted octanol–water partition coefficient (Wildman–Crippen LogP) is 7.28. The maximum Gasteiger partial charge on any atom is 0.192 e. The zero-order valence-corrected chi connectivity index (χ0v) is 26.1. The molecule has 1 saturated heterocycles. The van der Waals surface area contributed by atoms with Crippen molar-refractivity contribution in [1.29, 1.82) is 0 Å². The summed E-state index contributed by atoms with van der Waals surface area (Å²) in [6, 6.07) is 0. The molecule has 0 bridgehead atoms. The second-order valence-electron chi connectivity index (χ2n) is 12.4. The lowest BCUT2D eigenvalue weighted by Crippen LogP contribution is -2.49. The van der Waals surface area contributed by atoms with Crippen LogP contribution in [0.1, 0.15) is 67.7 Å². The summed E-state index contributed by atoms with van der Waals surface area (Å²) < 4.78 is 21.7. The molecule has 31 heavy (non-hydrogen) atoms. The Morgan fingerprint density at radius 3 is 2.10 bits per heavy atom. The quantitative estimate of drug-likeness (QED) is 0.217. The van der Waals surface area contributed by atoms with Crippen LogP contribution in [0.2, 0.25) is 36.3 Å². The zero-order valence-electron chi connectivity index (χ0n) is 21.9. The highest BCUT2D eigenvalue weighted by molar-refractivity contribution is 14.1. The van der Waals surface area contributed by atoms with Crippen LogP contribution in [0.4, 0.5) is 0 Å². The van der Waals surface area contributed by atoms with Crippen molar-refractivity contribution in [2.45, 2.75) is 128 Å². The molecular formula is C24H49IO4Si2. The summed E-state index contributed by atoms with van der Waals surface area (Å²) in [5.41, 5.74) is 0. The number of aliphatic hydroxyl groups is 1. The van der Waals surface area contributed by atoms with Gasteiger partial charge in [-0.2, -0.15) is 0 Å². The highest BCUT2D eigenvalue weighted by Crippen LogP contribution is 2.41. The maximum atomic E-state index is 10.9. The van der Waals surface area contributed by atoms with Crippen molar-refractivity contribution < 1.29 is 18.7 Å². The lowest BCUT2D eigenvalue weighted by molar-refractivity contribution is -0.0511.